The second-order valence-electron chi connectivity index (χ2n) is 11.3. The van der Waals surface area contributed by atoms with Crippen molar-refractivity contribution in [3.63, 3.8) is 0 Å². The number of Topliss-reactive ketones (excluding diaryl/α,β-unsaturated/α-hetero) is 2. The Morgan fingerprint density at radius 3 is 2.42 bits per heavy atom. The zero-order valence-corrected chi connectivity index (χ0v) is 22.1. The highest BCUT2D eigenvalue weighted by atomic mass is 35.5. The van der Waals surface area contributed by atoms with Crippen molar-refractivity contribution < 1.29 is 9.59 Å². The van der Waals surface area contributed by atoms with Gasteiger partial charge in [0.25, 0.3) is 0 Å². The number of rotatable bonds is 5. The number of hydrogen-bond donors (Lipinski definition) is 0. The number of anilines is 1. The van der Waals surface area contributed by atoms with Gasteiger partial charge in [-0.2, -0.15) is 0 Å². The van der Waals surface area contributed by atoms with E-state index in [1.165, 1.54) is 0 Å². The molecule has 2 unspecified atom stereocenters. The van der Waals surface area contributed by atoms with Crippen LogP contribution in [0.4, 0.5) is 5.69 Å². The molecule has 1 heterocycles. The Balaban J connectivity index is 1.11. The average molecular weight is 504 g/mol. The molecule has 1 saturated heterocycles. The average Bonchev–Trinajstić information content (AvgIpc) is 2.91. The molecule has 1 aliphatic heterocycles. The highest BCUT2D eigenvalue weighted by Crippen LogP contribution is 2.39. The molecule has 0 spiro atoms. The third-order valence-electron chi connectivity index (χ3n) is 8.99. The third kappa shape index (κ3) is 5.78. The van der Waals surface area contributed by atoms with Gasteiger partial charge in [0, 0.05) is 47.6 Å². The van der Waals surface area contributed by atoms with E-state index in [0.717, 1.165) is 79.9 Å². The molecule has 2 aliphatic carbocycles. The quantitative estimate of drug-likeness (QED) is 0.416. The minimum atomic E-state index is 0.204. The molecule has 2 aromatic carbocycles. The lowest BCUT2D eigenvalue weighted by Gasteiger charge is -2.36. The maximum Gasteiger partial charge on any atom is 0.163 e. The SMILES string of the molecule is CC1C=Cc2ccccc2C(=O)CC1CC1CCC(C(=O)C2CCN(c3cccc(Cl)c3)CC2)CC1. The van der Waals surface area contributed by atoms with Gasteiger partial charge in [-0.15, -0.1) is 0 Å². The Hall–Kier alpha value is -2.39. The number of ketones is 2. The Labute approximate surface area is 220 Å². The van der Waals surface area contributed by atoms with Crippen molar-refractivity contribution >= 4 is 34.9 Å². The summed E-state index contributed by atoms with van der Waals surface area (Å²) in [4.78, 5) is 28.7. The fourth-order valence-corrected chi connectivity index (χ4v) is 6.86. The Morgan fingerprint density at radius 2 is 1.67 bits per heavy atom. The summed E-state index contributed by atoms with van der Waals surface area (Å²) in [5, 5.41) is 0.765. The van der Waals surface area contributed by atoms with Crippen LogP contribution in [0.1, 0.15) is 74.2 Å². The first-order valence-electron chi connectivity index (χ1n) is 13.8. The second-order valence-corrected chi connectivity index (χ2v) is 11.7. The van der Waals surface area contributed by atoms with E-state index in [2.05, 4.69) is 30.0 Å². The maximum atomic E-state index is 13.3. The summed E-state index contributed by atoms with van der Waals surface area (Å²) in [6, 6.07) is 16.0. The number of halogens is 1. The van der Waals surface area contributed by atoms with Crippen molar-refractivity contribution in [3.05, 3.63) is 70.8 Å². The van der Waals surface area contributed by atoms with Gasteiger partial charge in [0.2, 0.25) is 0 Å². The molecule has 2 aromatic rings. The lowest BCUT2D eigenvalue weighted by atomic mass is 9.71. The van der Waals surface area contributed by atoms with Gasteiger partial charge in [-0.25, -0.2) is 0 Å². The summed E-state index contributed by atoms with van der Waals surface area (Å²) in [5.74, 6) is 2.62. The zero-order chi connectivity index (χ0) is 25.1. The monoisotopic (exact) mass is 503 g/mol. The van der Waals surface area contributed by atoms with Crippen LogP contribution in [-0.4, -0.2) is 24.7 Å². The van der Waals surface area contributed by atoms with E-state index >= 15 is 0 Å². The minimum Gasteiger partial charge on any atom is -0.371 e. The van der Waals surface area contributed by atoms with Crippen LogP contribution in [0.25, 0.3) is 6.08 Å². The van der Waals surface area contributed by atoms with Gasteiger partial charge in [0.15, 0.2) is 5.78 Å². The van der Waals surface area contributed by atoms with Crippen molar-refractivity contribution in [1.29, 1.82) is 0 Å². The highest BCUT2D eigenvalue weighted by molar-refractivity contribution is 6.30. The Morgan fingerprint density at radius 1 is 0.944 bits per heavy atom. The predicted octanol–water partition coefficient (Wildman–Crippen LogP) is 7.87. The summed E-state index contributed by atoms with van der Waals surface area (Å²) in [6.45, 7) is 4.11. The van der Waals surface area contributed by atoms with Crippen molar-refractivity contribution in [2.24, 2.45) is 29.6 Å². The summed E-state index contributed by atoms with van der Waals surface area (Å²) in [5.41, 5.74) is 3.07. The van der Waals surface area contributed by atoms with Crippen molar-refractivity contribution in [2.75, 3.05) is 18.0 Å². The van der Waals surface area contributed by atoms with Gasteiger partial charge in [0.1, 0.15) is 5.78 Å². The molecule has 0 N–H and O–H groups in total. The van der Waals surface area contributed by atoms with E-state index in [1.54, 1.807) is 0 Å². The molecule has 3 aliphatic rings. The van der Waals surface area contributed by atoms with Crippen LogP contribution >= 0.6 is 11.6 Å². The van der Waals surface area contributed by atoms with Gasteiger partial charge < -0.3 is 4.90 Å². The van der Waals surface area contributed by atoms with Crippen LogP contribution in [0, 0.1) is 29.6 Å². The highest BCUT2D eigenvalue weighted by Gasteiger charge is 2.34. The fourth-order valence-electron chi connectivity index (χ4n) is 6.68. The molecule has 5 rings (SSSR count). The summed E-state index contributed by atoms with van der Waals surface area (Å²) >= 11 is 6.17. The number of benzene rings is 2. The van der Waals surface area contributed by atoms with E-state index in [0.29, 0.717) is 30.0 Å². The summed E-state index contributed by atoms with van der Waals surface area (Å²) < 4.78 is 0. The molecule has 36 heavy (non-hydrogen) atoms. The molecule has 0 radical (unpaired) electrons. The number of fused-ring (bicyclic) bond motifs is 1. The van der Waals surface area contributed by atoms with Crippen LogP contribution in [0.5, 0.6) is 0 Å². The van der Waals surface area contributed by atoms with Crippen molar-refractivity contribution in [3.8, 4) is 0 Å². The molecule has 2 atom stereocenters. The normalized spacial score (nSPS) is 27.3. The first-order valence-corrected chi connectivity index (χ1v) is 14.2. The van der Waals surface area contributed by atoms with Crippen molar-refractivity contribution in [2.45, 2.75) is 58.3 Å². The lowest BCUT2D eigenvalue weighted by molar-refractivity contribution is -0.128. The predicted molar refractivity (Wildman–Crippen MR) is 149 cm³/mol. The van der Waals surface area contributed by atoms with Gasteiger partial charge in [0.05, 0.1) is 0 Å². The summed E-state index contributed by atoms with van der Waals surface area (Å²) in [6.07, 6.45) is 12.3. The molecular formula is C32H38ClNO2. The van der Waals surface area contributed by atoms with Gasteiger partial charge in [-0.05, 0) is 86.5 Å². The third-order valence-corrected chi connectivity index (χ3v) is 9.22. The van der Waals surface area contributed by atoms with Crippen LogP contribution in [0.15, 0.2) is 54.6 Å². The van der Waals surface area contributed by atoms with Crippen LogP contribution in [0.3, 0.4) is 0 Å². The van der Waals surface area contributed by atoms with Crippen molar-refractivity contribution in [1.82, 2.24) is 0 Å². The molecule has 4 heteroatoms. The molecule has 0 bridgehead atoms. The van der Waals surface area contributed by atoms with Crippen LogP contribution in [-0.2, 0) is 4.79 Å². The molecule has 1 saturated carbocycles. The number of allylic oxidation sites excluding steroid dienone is 1. The summed E-state index contributed by atoms with van der Waals surface area (Å²) in [7, 11) is 0. The molecular weight excluding hydrogens is 466 g/mol. The standard InChI is InChI=1S/C32H38ClNO2/c1-22-9-12-24-5-2-3-8-30(24)31(35)20-27(22)19-23-10-13-25(14-11-23)32(36)26-15-17-34(18-16-26)29-7-4-6-28(33)21-29/h2-9,12,21-23,25-27H,10-11,13-20H2,1H3. The topological polar surface area (TPSA) is 37.4 Å². The second kappa shape index (κ2) is 11.3. The van der Waals surface area contributed by atoms with Gasteiger partial charge in [-0.3, -0.25) is 9.59 Å². The maximum absolute atomic E-state index is 13.3. The van der Waals surface area contributed by atoms with Gasteiger partial charge >= 0.3 is 0 Å². The number of hydrogen-bond acceptors (Lipinski definition) is 3. The van der Waals surface area contributed by atoms with E-state index in [1.807, 2.05) is 42.5 Å². The largest absolute Gasteiger partial charge is 0.371 e. The number of nitrogens with zero attached hydrogens (tertiary/aromatic N) is 1. The first kappa shape index (κ1) is 25.3. The molecule has 190 valence electrons. The number of piperidine rings is 1. The van der Waals surface area contributed by atoms with E-state index in [-0.39, 0.29) is 17.6 Å². The zero-order valence-electron chi connectivity index (χ0n) is 21.4. The van der Waals surface area contributed by atoms with E-state index in [4.69, 9.17) is 11.6 Å². The number of carbonyl (C=O) groups excluding carboxylic acids is 2. The Kier molecular flexibility index (Phi) is 7.96. The lowest BCUT2D eigenvalue weighted by Crippen LogP contribution is -2.39. The molecule has 2 fully saturated rings. The molecule has 0 aromatic heterocycles. The molecule has 0 amide bonds. The smallest absolute Gasteiger partial charge is 0.163 e. The number of carbonyl (C=O) groups is 2. The molecule has 3 nitrogen and oxygen atoms in total. The van der Waals surface area contributed by atoms with Crippen LogP contribution in [0.2, 0.25) is 5.02 Å². The van der Waals surface area contributed by atoms with Crippen LogP contribution < -0.4 is 4.90 Å². The van der Waals surface area contributed by atoms with E-state index in [9.17, 15) is 9.59 Å². The Bertz CT molecular complexity index is 1110. The minimum absolute atomic E-state index is 0.204. The first-order chi connectivity index (χ1) is 17.5. The van der Waals surface area contributed by atoms with Gasteiger partial charge in [-0.1, -0.05) is 61.0 Å². The fraction of sp³-hybridized carbons (Fsp3) is 0.500. The van der Waals surface area contributed by atoms with E-state index < -0.39 is 0 Å².